The summed E-state index contributed by atoms with van der Waals surface area (Å²) in [7, 11) is 1.31. The first-order valence-electron chi connectivity index (χ1n) is 6.55. The summed E-state index contributed by atoms with van der Waals surface area (Å²) in [4.78, 5) is 12.0. The molecule has 0 saturated carbocycles. The van der Waals surface area contributed by atoms with E-state index < -0.39 is 9.05 Å². The average Bonchev–Trinajstić information content (AvgIpc) is 3.00. The summed E-state index contributed by atoms with van der Waals surface area (Å²) < 4.78 is 28.5. The topological polar surface area (TPSA) is 72.5 Å². The molecule has 2 aliphatic heterocycles. The Hall–Kier alpha value is -0.820. The molecule has 0 aliphatic carbocycles. The second kappa shape index (κ2) is 5.43. The van der Waals surface area contributed by atoms with Gasteiger partial charge in [0.15, 0.2) is 0 Å². The van der Waals surface area contributed by atoms with Crippen molar-refractivity contribution in [2.24, 2.45) is 0 Å². The minimum atomic E-state index is -3.99. The van der Waals surface area contributed by atoms with Crippen LogP contribution in [0, 0.1) is 0 Å². The van der Waals surface area contributed by atoms with Crippen molar-refractivity contribution in [3.05, 3.63) is 28.8 Å². The molecule has 1 N–H and O–H groups in total. The van der Waals surface area contributed by atoms with Gasteiger partial charge >= 0.3 is 0 Å². The van der Waals surface area contributed by atoms with E-state index in [-0.39, 0.29) is 39.6 Å². The molecule has 0 aromatic heterocycles. The number of hydrogen-bond acceptors (Lipinski definition) is 4. The summed E-state index contributed by atoms with van der Waals surface area (Å²) in [5.41, 5.74) is 0.210. The first-order valence-corrected chi connectivity index (χ1v) is 9.24. The molecule has 2 aliphatic rings. The van der Waals surface area contributed by atoms with Crippen LogP contribution < -0.4 is 5.32 Å². The van der Waals surface area contributed by atoms with Crippen LogP contribution in [0.5, 0.6) is 0 Å². The Balaban J connectivity index is 1.79. The quantitative estimate of drug-likeness (QED) is 0.850. The highest BCUT2D eigenvalue weighted by Crippen LogP contribution is 2.34. The molecule has 2 fully saturated rings. The van der Waals surface area contributed by atoms with Crippen LogP contribution in [0.4, 0.5) is 0 Å². The Morgan fingerprint density at radius 1 is 1.33 bits per heavy atom. The minimum absolute atomic E-state index is 0.00944. The molecule has 2 saturated heterocycles. The fraction of sp³-hybridized carbons (Fsp3) is 0.462. The Kier molecular flexibility index (Phi) is 3.90. The number of amides is 1. The third-order valence-electron chi connectivity index (χ3n) is 3.88. The first-order chi connectivity index (χ1) is 9.84. The molecule has 3 atom stereocenters. The lowest BCUT2D eigenvalue weighted by Crippen LogP contribution is -2.41. The van der Waals surface area contributed by atoms with E-state index in [4.69, 9.17) is 27.0 Å². The highest BCUT2D eigenvalue weighted by molar-refractivity contribution is 8.13. The Morgan fingerprint density at radius 3 is 2.67 bits per heavy atom. The molecule has 8 heteroatoms. The summed E-state index contributed by atoms with van der Waals surface area (Å²) >= 11 is 5.79. The second-order valence-electron chi connectivity index (χ2n) is 5.27. The van der Waals surface area contributed by atoms with Crippen LogP contribution in [0.3, 0.4) is 0 Å². The van der Waals surface area contributed by atoms with E-state index in [2.05, 4.69) is 5.32 Å². The van der Waals surface area contributed by atoms with Gasteiger partial charge in [-0.1, -0.05) is 11.6 Å². The second-order valence-corrected chi connectivity index (χ2v) is 8.21. The van der Waals surface area contributed by atoms with E-state index in [0.717, 1.165) is 19.3 Å². The SMILES string of the molecule is O=C(NC1CC2CCC1O2)c1ccc(Cl)c(S(=O)(=O)Cl)c1. The van der Waals surface area contributed by atoms with Gasteiger partial charge in [-0.25, -0.2) is 8.42 Å². The van der Waals surface area contributed by atoms with Crippen LogP contribution in [0.25, 0.3) is 0 Å². The molecule has 2 bridgehead atoms. The van der Waals surface area contributed by atoms with Crippen LogP contribution in [-0.4, -0.2) is 32.6 Å². The Labute approximate surface area is 132 Å². The number of benzene rings is 1. The van der Waals surface area contributed by atoms with Gasteiger partial charge in [-0.2, -0.15) is 0 Å². The molecular formula is C13H13Cl2NO4S. The fourth-order valence-electron chi connectivity index (χ4n) is 2.87. The van der Waals surface area contributed by atoms with Crippen molar-refractivity contribution in [2.75, 3.05) is 0 Å². The number of carbonyl (C=O) groups excluding carboxylic acids is 1. The van der Waals surface area contributed by atoms with E-state index in [1.54, 1.807) is 0 Å². The number of ether oxygens (including phenoxy) is 1. The molecule has 2 heterocycles. The van der Waals surface area contributed by atoms with Crippen LogP contribution >= 0.6 is 22.3 Å². The summed E-state index contributed by atoms with van der Waals surface area (Å²) in [5, 5.41) is 2.87. The van der Waals surface area contributed by atoms with Crippen LogP contribution in [0.2, 0.25) is 5.02 Å². The molecular weight excluding hydrogens is 337 g/mol. The van der Waals surface area contributed by atoms with E-state index >= 15 is 0 Å². The number of halogens is 2. The summed E-state index contributed by atoms with van der Waals surface area (Å²) in [6, 6.07) is 3.98. The van der Waals surface area contributed by atoms with Crippen molar-refractivity contribution in [3.63, 3.8) is 0 Å². The van der Waals surface area contributed by atoms with Gasteiger partial charge in [0.1, 0.15) is 4.90 Å². The number of carbonyl (C=O) groups is 1. The van der Waals surface area contributed by atoms with Crippen LogP contribution in [-0.2, 0) is 13.8 Å². The number of fused-ring (bicyclic) bond motifs is 2. The zero-order chi connectivity index (χ0) is 15.2. The predicted molar refractivity (Wildman–Crippen MR) is 78.3 cm³/mol. The molecule has 3 unspecified atom stereocenters. The first kappa shape index (κ1) is 15.1. The minimum Gasteiger partial charge on any atom is -0.373 e. The number of hydrogen-bond donors (Lipinski definition) is 1. The smallest absolute Gasteiger partial charge is 0.262 e. The maximum absolute atomic E-state index is 12.2. The van der Waals surface area contributed by atoms with E-state index in [1.165, 1.54) is 18.2 Å². The normalized spacial score (nSPS) is 27.8. The van der Waals surface area contributed by atoms with E-state index in [0.29, 0.717) is 0 Å². The zero-order valence-electron chi connectivity index (χ0n) is 10.9. The van der Waals surface area contributed by atoms with Gasteiger partial charge in [0.2, 0.25) is 0 Å². The predicted octanol–water partition coefficient (Wildman–Crippen LogP) is 2.32. The monoisotopic (exact) mass is 349 g/mol. The standard InChI is InChI=1S/C13H13Cl2NO4S/c14-9-3-1-7(5-12(9)21(15,18)19)13(17)16-10-6-8-2-4-11(10)20-8/h1,3,5,8,10-11H,2,4,6H2,(H,16,17). The summed E-state index contributed by atoms with van der Waals surface area (Å²) in [6.07, 6.45) is 3.06. The van der Waals surface area contributed by atoms with Gasteiger partial charge in [0.25, 0.3) is 15.0 Å². The molecule has 5 nitrogen and oxygen atoms in total. The van der Waals surface area contributed by atoms with Crippen LogP contribution in [0.15, 0.2) is 23.1 Å². The van der Waals surface area contributed by atoms with Gasteiger partial charge in [-0.15, -0.1) is 0 Å². The third-order valence-corrected chi connectivity index (χ3v) is 5.68. The number of nitrogens with one attached hydrogen (secondary N) is 1. The highest BCUT2D eigenvalue weighted by Gasteiger charge is 2.41. The largest absolute Gasteiger partial charge is 0.373 e. The van der Waals surface area contributed by atoms with Crippen molar-refractivity contribution < 1.29 is 17.9 Å². The molecule has 114 valence electrons. The molecule has 1 amide bonds. The lowest BCUT2D eigenvalue weighted by molar-refractivity contribution is 0.0841. The Bertz CT molecular complexity index is 691. The molecule has 1 aromatic rings. The number of rotatable bonds is 3. The lowest BCUT2D eigenvalue weighted by Gasteiger charge is -2.20. The summed E-state index contributed by atoms with van der Waals surface area (Å²) in [6.45, 7) is 0. The fourth-order valence-corrected chi connectivity index (χ4v) is 4.37. The maximum atomic E-state index is 12.2. The van der Waals surface area contributed by atoms with Crippen molar-refractivity contribution in [1.82, 2.24) is 5.32 Å². The van der Waals surface area contributed by atoms with Crippen molar-refractivity contribution in [2.45, 2.75) is 42.4 Å². The van der Waals surface area contributed by atoms with Gasteiger partial charge in [0, 0.05) is 16.2 Å². The van der Waals surface area contributed by atoms with E-state index in [9.17, 15) is 13.2 Å². The van der Waals surface area contributed by atoms with E-state index in [1.807, 2.05) is 0 Å². The maximum Gasteiger partial charge on any atom is 0.262 e. The summed E-state index contributed by atoms with van der Waals surface area (Å²) in [5.74, 6) is -0.352. The van der Waals surface area contributed by atoms with Crippen molar-refractivity contribution in [1.29, 1.82) is 0 Å². The van der Waals surface area contributed by atoms with Crippen LogP contribution in [0.1, 0.15) is 29.6 Å². The third kappa shape index (κ3) is 3.04. The molecule has 3 rings (SSSR count). The molecule has 0 spiro atoms. The highest BCUT2D eigenvalue weighted by atomic mass is 35.7. The Morgan fingerprint density at radius 2 is 2.10 bits per heavy atom. The van der Waals surface area contributed by atoms with Gasteiger partial charge in [-0.05, 0) is 37.5 Å². The van der Waals surface area contributed by atoms with Crippen molar-refractivity contribution in [3.8, 4) is 0 Å². The average molecular weight is 350 g/mol. The van der Waals surface area contributed by atoms with Crippen molar-refractivity contribution >= 4 is 37.2 Å². The molecule has 21 heavy (non-hydrogen) atoms. The van der Waals surface area contributed by atoms with Gasteiger partial charge < -0.3 is 10.1 Å². The van der Waals surface area contributed by atoms with Gasteiger partial charge in [0.05, 0.1) is 23.3 Å². The molecule has 1 aromatic carbocycles. The lowest BCUT2D eigenvalue weighted by atomic mass is 9.95. The zero-order valence-corrected chi connectivity index (χ0v) is 13.2. The van der Waals surface area contributed by atoms with Gasteiger partial charge in [-0.3, -0.25) is 4.79 Å². The molecule has 0 radical (unpaired) electrons.